The van der Waals surface area contributed by atoms with E-state index >= 15 is 0 Å². The molecule has 26 heavy (non-hydrogen) atoms. The van der Waals surface area contributed by atoms with E-state index in [-0.39, 0.29) is 19.1 Å². The van der Waals surface area contributed by atoms with Crippen LogP contribution in [-0.2, 0) is 0 Å². The predicted molar refractivity (Wildman–Crippen MR) is 96.3 cm³/mol. The molecule has 0 aromatic heterocycles. The predicted octanol–water partition coefficient (Wildman–Crippen LogP) is -1.23. The van der Waals surface area contributed by atoms with Crippen molar-refractivity contribution in [3.05, 3.63) is 18.2 Å². The van der Waals surface area contributed by atoms with E-state index in [0.29, 0.717) is 37.4 Å². The van der Waals surface area contributed by atoms with Crippen LogP contribution in [0, 0.1) is 0 Å². The minimum atomic E-state index is -2.30. The lowest BCUT2D eigenvalue weighted by Gasteiger charge is -2.54. The van der Waals surface area contributed by atoms with Crippen molar-refractivity contribution < 1.29 is 25.2 Å². The number of nitrogens with zero attached hydrogens (tertiary/aromatic N) is 3. The number of nitrogens with two attached hydrogens (primary N) is 1. The standard InChI is InChI=1S/C17H28N4O5/c1-19-10-16(22,23)21(17(24,25)11-19)12-5-7-20(8-6-12)13-3-4-14(18)15(9-13)26-2/h3-4,9,12,22-25H,5-8,10-11,18H2,1-2H3. The number of hydrogen-bond donors (Lipinski definition) is 5. The SMILES string of the molecule is COc1cc(N2CCC(N3C(O)(O)CN(C)CC3(O)O)CC2)ccc1N. The van der Waals surface area contributed by atoms with Crippen LogP contribution in [-0.4, -0.2) is 88.4 Å². The largest absolute Gasteiger partial charge is 0.495 e. The highest BCUT2D eigenvalue weighted by molar-refractivity contribution is 5.62. The smallest absolute Gasteiger partial charge is 0.242 e. The van der Waals surface area contributed by atoms with E-state index in [1.165, 1.54) is 4.90 Å². The summed E-state index contributed by atoms with van der Waals surface area (Å²) < 4.78 is 5.26. The fourth-order valence-electron chi connectivity index (χ4n) is 4.08. The molecule has 0 unspecified atom stereocenters. The molecule has 0 spiro atoms. The highest BCUT2D eigenvalue weighted by Crippen LogP contribution is 2.34. The Morgan fingerprint density at radius 1 is 1.08 bits per heavy atom. The molecule has 1 aromatic rings. The maximum atomic E-state index is 10.4. The van der Waals surface area contributed by atoms with Crippen molar-refractivity contribution in [2.24, 2.45) is 0 Å². The van der Waals surface area contributed by atoms with Crippen molar-refractivity contribution in [1.29, 1.82) is 0 Å². The van der Waals surface area contributed by atoms with Crippen LogP contribution < -0.4 is 15.4 Å². The molecular weight excluding hydrogens is 340 g/mol. The van der Waals surface area contributed by atoms with Crippen molar-refractivity contribution in [1.82, 2.24) is 9.80 Å². The maximum absolute atomic E-state index is 10.4. The molecule has 2 fully saturated rings. The van der Waals surface area contributed by atoms with E-state index in [1.54, 1.807) is 20.2 Å². The van der Waals surface area contributed by atoms with Crippen molar-refractivity contribution >= 4 is 11.4 Å². The molecule has 0 saturated carbocycles. The zero-order chi connectivity index (χ0) is 19.1. The van der Waals surface area contributed by atoms with Crippen LogP contribution in [0.1, 0.15) is 12.8 Å². The lowest BCUT2D eigenvalue weighted by atomic mass is 9.99. The molecule has 0 amide bonds. The van der Waals surface area contributed by atoms with Gasteiger partial charge in [0.05, 0.1) is 25.9 Å². The molecule has 0 radical (unpaired) electrons. The summed E-state index contributed by atoms with van der Waals surface area (Å²) in [4.78, 5) is 4.65. The van der Waals surface area contributed by atoms with Crippen LogP contribution >= 0.6 is 0 Å². The monoisotopic (exact) mass is 368 g/mol. The van der Waals surface area contributed by atoms with E-state index in [0.717, 1.165) is 10.6 Å². The maximum Gasteiger partial charge on any atom is 0.242 e. The number of ether oxygens (including phenoxy) is 1. The molecule has 0 aliphatic carbocycles. The van der Waals surface area contributed by atoms with Gasteiger partial charge in [-0.2, -0.15) is 4.90 Å². The number of piperidine rings is 1. The highest BCUT2D eigenvalue weighted by Gasteiger charge is 2.54. The number of aliphatic hydroxyl groups is 4. The minimum Gasteiger partial charge on any atom is -0.495 e. The molecule has 2 aliphatic heterocycles. The van der Waals surface area contributed by atoms with Crippen LogP contribution in [0.5, 0.6) is 5.75 Å². The third-order valence-electron chi connectivity index (χ3n) is 5.15. The third kappa shape index (κ3) is 3.59. The van der Waals surface area contributed by atoms with Gasteiger partial charge in [0.2, 0.25) is 11.8 Å². The molecule has 3 rings (SSSR count). The number of anilines is 2. The molecule has 6 N–H and O–H groups in total. The Kier molecular flexibility index (Phi) is 5.04. The number of β-amino-alcohol motifs (C(OH)–C–C–N with tert-alkyl or cyclic N) is 4. The lowest BCUT2D eigenvalue weighted by molar-refractivity contribution is -0.422. The van der Waals surface area contributed by atoms with Gasteiger partial charge in [-0.15, -0.1) is 0 Å². The molecule has 0 bridgehead atoms. The topological polar surface area (TPSA) is 126 Å². The Morgan fingerprint density at radius 2 is 1.65 bits per heavy atom. The molecule has 146 valence electrons. The van der Waals surface area contributed by atoms with Crippen LogP contribution in [0.3, 0.4) is 0 Å². The van der Waals surface area contributed by atoms with E-state index in [9.17, 15) is 20.4 Å². The van der Waals surface area contributed by atoms with Gasteiger partial charge in [0, 0.05) is 30.9 Å². The molecule has 0 atom stereocenters. The van der Waals surface area contributed by atoms with E-state index in [1.807, 2.05) is 12.1 Å². The van der Waals surface area contributed by atoms with Gasteiger partial charge in [-0.05, 0) is 32.0 Å². The summed E-state index contributed by atoms with van der Waals surface area (Å²) in [5, 5.41) is 41.4. The number of nitrogen functional groups attached to an aromatic ring is 1. The minimum absolute atomic E-state index is 0.0781. The molecule has 9 heteroatoms. The molecule has 2 saturated heterocycles. The van der Waals surface area contributed by atoms with Gasteiger partial charge >= 0.3 is 0 Å². The Morgan fingerprint density at radius 3 is 2.19 bits per heavy atom. The number of methoxy groups -OCH3 is 1. The van der Waals surface area contributed by atoms with Crippen molar-refractivity contribution in [2.75, 3.05) is 51.0 Å². The Bertz CT molecular complexity index is 628. The fraction of sp³-hybridized carbons (Fsp3) is 0.647. The van der Waals surface area contributed by atoms with Crippen molar-refractivity contribution in [3.8, 4) is 5.75 Å². The van der Waals surface area contributed by atoms with Crippen LogP contribution in [0.15, 0.2) is 18.2 Å². The van der Waals surface area contributed by atoms with Crippen LogP contribution in [0.2, 0.25) is 0 Å². The van der Waals surface area contributed by atoms with Gasteiger partial charge in [-0.25, -0.2) is 0 Å². The second-order valence-corrected chi connectivity index (χ2v) is 7.24. The van der Waals surface area contributed by atoms with Crippen LogP contribution in [0.4, 0.5) is 11.4 Å². The van der Waals surface area contributed by atoms with E-state index < -0.39 is 11.8 Å². The van der Waals surface area contributed by atoms with Crippen LogP contribution in [0.25, 0.3) is 0 Å². The first kappa shape index (κ1) is 19.2. The van der Waals surface area contributed by atoms with Gasteiger partial charge in [-0.3, -0.25) is 4.90 Å². The molecular formula is C17H28N4O5. The molecule has 2 aliphatic rings. The molecule has 1 aromatic carbocycles. The Hall–Kier alpha value is -1.62. The second-order valence-electron chi connectivity index (χ2n) is 7.24. The first-order valence-electron chi connectivity index (χ1n) is 8.70. The second kappa shape index (κ2) is 6.84. The van der Waals surface area contributed by atoms with E-state index in [4.69, 9.17) is 10.5 Å². The fourth-order valence-corrected chi connectivity index (χ4v) is 4.08. The average Bonchev–Trinajstić information content (AvgIpc) is 2.53. The summed E-state index contributed by atoms with van der Waals surface area (Å²) in [5.74, 6) is -3.99. The number of piperazine rings is 1. The number of hydrogen-bond acceptors (Lipinski definition) is 9. The summed E-state index contributed by atoms with van der Waals surface area (Å²) >= 11 is 0. The average molecular weight is 368 g/mol. The summed E-state index contributed by atoms with van der Waals surface area (Å²) in [6, 6.07) is 5.22. The summed E-state index contributed by atoms with van der Waals surface area (Å²) in [6.07, 6.45) is 1.12. The first-order valence-corrected chi connectivity index (χ1v) is 8.70. The Labute approximate surface area is 152 Å². The summed E-state index contributed by atoms with van der Waals surface area (Å²) in [7, 11) is 3.18. The van der Waals surface area contributed by atoms with Gasteiger partial charge < -0.3 is 35.8 Å². The van der Waals surface area contributed by atoms with E-state index in [2.05, 4.69) is 4.90 Å². The number of benzene rings is 1. The Balaban J connectivity index is 1.72. The summed E-state index contributed by atoms with van der Waals surface area (Å²) in [6.45, 7) is 1.11. The zero-order valence-corrected chi connectivity index (χ0v) is 15.2. The number of likely N-dealkylation sites (N-methyl/N-ethyl adjacent to an activating group) is 1. The van der Waals surface area contributed by atoms with Gasteiger partial charge in [-0.1, -0.05) is 0 Å². The van der Waals surface area contributed by atoms with Crippen molar-refractivity contribution in [2.45, 2.75) is 30.7 Å². The highest BCUT2D eigenvalue weighted by atomic mass is 16.6. The van der Waals surface area contributed by atoms with Gasteiger partial charge in [0.25, 0.3) is 0 Å². The van der Waals surface area contributed by atoms with Gasteiger partial charge in [0.1, 0.15) is 5.75 Å². The normalized spacial score (nSPS) is 24.6. The lowest BCUT2D eigenvalue weighted by Crippen LogP contribution is -2.75. The molecule has 9 nitrogen and oxygen atoms in total. The van der Waals surface area contributed by atoms with Crippen molar-refractivity contribution in [3.63, 3.8) is 0 Å². The summed E-state index contributed by atoms with van der Waals surface area (Å²) in [5.41, 5.74) is 7.39. The third-order valence-corrected chi connectivity index (χ3v) is 5.15. The first-order chi connectivity index (χ1) is 12.1. The zero-order valence-electron chi connectivity index (χ0n) is 15.2. The van der Waals surface area contributed by atoms with Gasteiger partial charge in [0.15, 0.2) is 0 Å². The molecule has 2 heterocycles. The number of rotatable bonds is 3. The quantitative estimate of drug-likeness (QED) is 0.329.